The van der Waals surface area contributed by atoms with Gasteiger partial charge in [0.2, 0.25) is 0 Å². The Bertz CT molecular complexity index is 1350. The standard InChI is InChI=1S/C37H59N3O7/c1-20(2)22(4)33(6)13-14-35(8)24-11-12-27-34(7)18-45-19-37(27,25(24)15-28(42)36(35,9)29(33)31(43)44)16-26(47-23(5)41)30(34)46-17-21(3)40-32(38)39-10/h15,20-22,24,26-27,29-30H,11-14,16-19H2,1-10H3,(H,43,44)(H3,38,39,40)/t21?,22-,24+,26-,27+,29-,30+,33-,34-,35-,36+,37+/m1/s1. The largest absolute Gasteiger partial charge is 0.481 e. The minimum atomic E-state index is -1.06. The number of hydrogen-bond acceptors (Lipinski definition) is 7. The van der Waals surface area contributed by atoms with Gasteiger partial charge in [0.15, 0.2) is 11.7 Å². The summed E-state index contributed by atoms with van der Waals surface area (Å²) in [6.45, 7) is 19.5. The van der Waals surface area contributed by atoms with Crippen LogP contribution < -0.4 is 11.1 Å². The number of ether oxygens (including phenoxy) is 3. The Morgan fingerprint density at radius 2 is 1.81 bits per heavy atom. The molecule has 12 atom stereocenters. The zero-order chi connectivity index (χ0) is 34.9. The smallest absolute Gasteiger partial charge is 0.308 e. The molecule has 0 radical (unpaired) electrons. The molecule has 264 valence electrons. The topological polar surface area (TPSA) is 150 Å². The molecule has 3 saturated carbocycles. The Morgan fingerprint density at radius 3 is 2.40 bits per heavy atom. The number of ketones is 1. The van der Waals surface area contributed by atoms with Crippen molar-refractivity contribution in [2.45, 2.75) is 113 Å². The van der Waals surface area contributed by atoms with Crippen molar-refractivity contribution >= 4 is 23.7 Å². The van der Waals surface area contributed by atoms with Crippen LogP contribution in [0.25, 0.3) is 0 Å². The summed E-state index contributed by atoms with van der Waals surface area (Å²) < 4.78 is 19.2. The summed E-state index contributed by atoms with van der Waals surface area (Å²) in [5.41, 5.74) is 3.84. The lowest BCUT2D eigenvalue weighted by Gasteiger charge is -2.70. The van der Waals surface area contributed by atoms with Crippen LogP contribution in [0.1, 0.15) is 94.4 Å². The number of carbonyl (C=O) groups is 3. The third kappa shape index (κ3) is 5.17. The van der Waals surface area contributed by atoms with Gasteiger partial charge in [-0.2, -0.15) is 0 Å². The molecule has 4 fully saturated rings. The zero-order valence-corrected chi connectivity index (χ0v) is 30.3. The average Bonchev–Trinajstić information content (AvgIpc) is 2.97. The van der Waals surface area contributed by atoms with E-state index in [4.69, 9.17) is 19.9 Å². The van der Waals surface area contributed by atoms with Gasteiger partial charge in [-0.3, -0.25) is 19.4 Å². The number of guanidine groups is 1. The van der Waals surface area contributed by atoms with E-state index in [0.717, 1.165) is 31.3 Å². The van der Waals surface area contributed by atoms with Crippen molar-refractivity contribution in [2.75, 3.05) is 26.9 Å². The van der Waals surface area contributed by atoms with Gasteiger partial charge in [0, 0.05) is 36.3 Å². The Labute approximate surface area is 281 Å². The first kappa shape index (κ1) is 35.8. The highest BCUT2D eigenvalue weighted by Crippen LogP contribution is 2.74. The molecule has 0 aromatic carbocycles. The molecule has 0 aromatic rings. The van der Waals surface area contributed by atoms with E-state index in [1.165, 1.54) is 6.92 Å². The highest BCUT2D eigenvalue weighted by atomic mass is 16.6. The average molecular weight is 658 g/mol. The molecule has 0 amide bonds. The number of rotatable bonds is 8. The summed E-state index contributed by atoms with van der Waals surface area (Å²) in [5.74, 6) is -1.23. The van der Waals surface area contributed by atoms with Gasteiger partial charge in [0.1, 0.15) is 12.2 Å². The summed E-state index contributed by atoms with van der Waals surface area (Å²) in [5, 5.41) is 14.1. The number of nitrogens with two attached hydrogens (primary N) is 1. The predicted octanol–water partition coefficient (Wildman–Crippen LogP) is 4.99. The lowest BCUT2D eigenvalue weighted by Crippen LogP contribution is -2.71. The normalized spacial score (nSPS) is 44.3. The highest BCUT2D eigenvalue weighted by molar-refractivity contribution is 6.00. The molecule has 10 nitrogen and oxygen atoms in total. The monoisotopic (exact) mass is 657 g/mol. The number of fused-ring (bicyclic) bond motifs is 3. The number of nitrogens with one attached hydrogen (secondary N) is 1. The van der Waals surface area contributed by atoms with E-state index in [9.17, 15) is 19.5 Å². The van der Waals surface area contributed by atoms with Crippen molar-refractivity contribution in [3.63, 3.8) is 0 Å². The van der Waals surface area contributed by atoms with Crippen LogP contribution in [0, 0.1) is 56.7 Å². The van der Waals surface area contributed by atoms with Crippen molar-refractivity contribution in [3.8, 4) is 0 Å². The van der Waals surface area contributed by atoms with E-state index >= 15 is 0 Å². The maximum Gasteiger partial charge on any atom is 0.308 e. The van der Waals surface area contributed by atoms with Crippen LogP contribution in [0.4, 0.5) is 0 Å². The van der Waals surface area contributed by atoms with Crippen LogP contribution in [-0.2, 0) is 28.6 Å². The van der Waals surface area contributed by atoms with Gasteiger partial charge in [-0.15, -0.1) is 0 Å². The van der Waals surface area contributed by atoms with Crippen molar-refractivity contribution < 1.29 is 33.7 Å². The molecule has 2 bridgehead atoms. The fourth-order valence-corrected chi connectivity index (χ4v) is 11.6. The second kappa shape index (κ2) is 12.1. The van der Waals surface area contributed by atoms with E-state index in [1.807, 2.05) is 19.9 Å². The minimum Gasteiger partial charge on any atom is -0.481 e. The van der Waals surface area contributed by atoms with Gasteiger partial charge in [-0.1, -0.05) is 54.0 Å². The highest BCUT2D eigenvalue weighted by Gasteiger charge is 2.74. The number of aliphatic imine (C=N–C) groups is 1. The lowest BCUT2D eigenvalue weighted by atomic mass is 9.34. The molecule has 5 rings (SSSR count). The van der Waals surface area contributed by atoms with Crippen LogP contribution in [0.3, 0.4) is 0 Å². The van der Waals surface area contributed by atoms with E-state index < -0.39 is 51.2 Å². The van der Waals surface area contributed by atoms with Gasteiger partial charge in [0.05, 0.1) is 25.7 Å². The van der Waals surface area contributed by atoms with Crippen LogP contribution in [0.15, 0.2) is 16.6 Å². The number of carboxylic acids is 1. The molecule has 5 aliphatic rings. The van der Waals surface area contributed by atoms with E-state index in [-0.39, 0.29) is 41.5 Å². The number of esters is 1. The Kier molecular flexibility index (Phi) is 9.26. The number of hydrogen-bond donors (Lipinski definition) is 3. The number of allylic oxidation sites excluding steroid dienone is 1. The zero-order valence-electron chi connectivity index (χ0n) is 30.3. The summed E-state index contributed by atoms with van der Waals surface area (Å²) in [6.07, 6.45) is 4.66. The summed E-state index contributed by atoms with van der Waals surface area (Å²) in [7, 11) is 1.62. The quantitative estimate of drug-likeness (QED) is 0.186. The number of carbonyl (C=O) groups excluding carboxylic acids is 2. The predicted molar refractivity (Wildman–Crippen MR) is 179 cm³/mol. The van der Waals surface area contributed by atoms with Gasteiger partial charge in [-0.05, 0) is 79.6 Å². The molecule has 0 spiro atoms. The van der Waals surface area contributed by atoms with Crippen molar-refractivity contribution in [1.82, 2.24) is 5.32 Å². The van der Waals surface area contributed by atoms with Crippen LogP contribution in [0.2, 0.25) is 0 Å². The first-order valence-corrected chi connectivity index (χ1v) is 17.7. The number of carboxylic acid groups (broad SMARTS) is 1. The van der Waals surface area contributed by atoms with Crippen LogP contribution >= 0.6 is 0 Å². The van der Waals surface area contributed by atoms with Crippen LogP contribution in [-0.4, -0.2) is 73.9 Å². The first-order valence-electron chi connectivity index (χ1n) is 17.7. The molecule has 0 aromatic heterocycles. The van der Waals surface area contributed by atoms with Crippen LogP contribution in [0.5, 0.6) is 0 Å². The number of aliphatic carboxylic acids is 1. The Hall–Kier alpha value is -2.46. The molecular formula is C37H59N3O7. The van der Waals surface area contributed by atoms with Gasteiger partial charge < -0.3 is 30.4 Å². The number of nitrogens with zero attached hydrogens (tertiary/aromatic N) is 1. The molecule has 47 heavy (non-hydrogen) atoms. The van der Waals surface area contributed by atoms with Crippen molar-refractivity contribution in [1.29, 1.82) is 0 Å². The van der Waals surface area contributed by atoms with Crippen molar-refractivity contribution in [3.05, 3.63) is 11.6 Å². The molecule has 1 unspecified atom stereocenters. The third-order valence-electron chi connectivity index (χ3n) is 14.4. The fourth-order valence-electron chi connectivity index (χ4n) is 11.6. The van der Waals surface area contributed by atoms with Crippen molar-refractivity contribution in [2.24, 2.45) is 67.4 Å². The van der Waals surface area contributed by atoms with Gasteiger partial charge in [0.25, 0.3) is 0 Å². The molecule has 1 saturated heterocycles. The second-order valence-electron chi connectivity index (χ2n) is 17.0. The molecule has 10 heteroatoms. The molecule has 1 heterocycles. The SMILES string of the molecule is CN=C(N)NC(C)CO[C@H]1[C@H](OC(C)=O)C[C@@]23COC[C@]1(C)[C@@H]2CC[C@H]1C3=CC(=O)[C@@]2(C)[C@H](C(=O)O)[C@@](C)([C@H](C)C(C)C)CC[C@]12C. The second-order valence-corrected chi connectivity index (χ2v) is 17.0. The summed E-state index contributed by atoms with van der Waals surface area (Å²) in [6, 6.07) is -0.124. The van der Waals surface area contributed by atoms with E-state index in [2.05, 4.69) is 51.9 Å². The summed E-state index contributed by atoms with van der Waals surface area (Å²) >= 11 is 0. The minimum absolute atomic E-state index is 0.0177. The maximum absolute atomic E-state index is 14.8. The van der Waals surface area contributed by atoms with E-state index in [0.29, 0.717) is 32.2 Å². The Balaban J connectivity index is 1.58. The Morgan fingerprint density at radius 1 is 1.13 bits per heavy atom. The van der Waals surface area contributed by atoms with E-state index in [1.54, 1.807) is 7.05 Å². The lowest BCUT2D eigenvalue weighted by molar-refractivity contribution is -0.266. The maximum atomic E-state index is 14.8. The van der Waals surface area contributed by atoms with Gasteiger partial charge >= 0.3 is 11.9 Å². The molecule has 1 aliphatic heterocycles. The summed E-state index contributed by atoms with van der Waals surface area (Å²) in [4.78, 5) is 44.7. The molecule has 4 N–H and O–H groups in total. The van der Waals surface area contributed by atoms with Gasteiger partial charge in [-0.25, -0.2) is 0 Å². The third-order valence-corrected chi connectivity index (χ3v) is 14.4. The first-order chi connectivity index (χ1) is 21.8. The molecular weight excluding hydrogens is 598 g/mol. The molecule has 4 aliphatic carbocycles. The fraction of sp³-hybridized carbons (Fsp3) is 0.838.